The molecule has 0 saturated carbocycles. The average molecular weight is 319 g/mol. The summed E-state index contributed by atoms with van der Waals surface area (Å²) in [4.78, 5) is 5.68. The maximum Gasteiger partial charge on any atom is 0.119 e. The highest BCUT2D eigenvalue weighted by Crippen LogP contribution is 2.27. The molecule has 1 aliphatic rings. The summed E-state index contributed by atoms with van der Waals surface area (Å²) in [5, 5.41) is 3.29. The minimum atomic E-state index is 0.692. The molecule has 2 heterocycles. The summed E-state index contributed by atoms with van der Waals surface area (Å²) < 4.78 is 10.8. The molecule has 1 aromatic carbocycles. The van der Waals surface area contributed by atoms with Gasteiger partial charge in [0.15, 0.2) is 0 Å². The molecule has 22 heavy (non-hydrogen) atoms. The van der Waals surface area contributed by atoms with Gasteiger partial charge in [-0.1, -0.05) is 0 Å². The van der Waals surface area contributed by atoms with Gasteiger partial charge in [0.2, 0.25) is 0 Å². The third-order valence-electron chi connectivity index (χ3n) is 3.47. The first-order valence-electron chi connectivity index (χ1n) is 7.59. The van der Waals surface area contributed by atoms with Gasteiger partial charge in [-0.05, 0) is 36.8 Å². The Bertz CT molecular complexity index is 579. The lowest BCUT2D eigenvalue weighted by Crippen LogP contribution is -2.45. The zero-order valence-electron chi connectivity index (χ0n) is 12.7. The number of nitrogens with one attached hydrogen (secondary N) is 1. The van der Waals surface area contributed by atoms with Gasteiger partial charge in [0.1, 0.15) is 10.8 Å². The van der Waals surface area contributed by atoms with Crippen molar-refractivity contribution in [2.24, 2.45) is 0 Å². The van der Waals surface area contributed by atoms with Crippen LogP contribution < -0.4 is 10.2 Å². The molecule has 1 aliphatic heterocycles. The Morgan fingerprint density at radius 3 is 2.77 bits per heavy atom. The van der Waals surface area contributed by atoms with Crippen molar-refractivity contribution in [3.05, 3.63) is 35.5 Å². The van der Waals surface area contributed by atoms with Crippen molar-refractivity contribution in [1.82, 2.24) is 15.4 Å². The van der Waals surface area contributed by atoms with E-state index in [1.165, 1.54) is 10.4 Å². The second-order valence-corrected chi connectivity index (χ2v) is 6.13. The van der Waals surface area contributed by atoms with Gasteiger partial charge in [-0.15, -0.1) is 11.3 Å². The quantitative estimate of drug-likeness (QED) is 0.886. The average Bonchev–Trinajstić information content (AvgIpc) is 3.04. The van der Waals surface area contributed by atoms with Gasteiger partial charge in [0.05, 0.1) is 31.2 Å². The fourth-order valence-electron chi connectivity index (χ4n) is 2.31. The molecule has 0 unspecified atom stereocenters. The molecule has 1 aromatic heterocycles. The maximum atomic E-state index is 5.47. The number of benzene rings is 1. The van der Waals surface area contributed by atoms with Crippen LogP contribution in [0.2, 0.25) is 0 Å². The summed E-state index contributed by atoms with van der Waals surface area (Å²) in [5.74, 6) is 0.907. The van der Waals surface area contributed by atoms with Crippen molar-refractivity contribution in [3.63, 3.8) is 0 Å². The summed E-state index contributed by atoms with van der Waals surface area (Å²) in [6.45, 7) is 6.89. The van der Waals surface area contributed by atoms with Crippen LogP contribution in [0.1, 0.15) is 11.9 Å². The molecule has 1 saturated heterocycles. The molecule has 0 atom stereocenters. The third-order valence-corrected chi connectivity index (χ3v) is 4.51. The predicted molar refractivity (Wildman–Crippen MR) is 88.0 cm³/mol. The van der Waals surface area contributed by atoms with Gasteiger partial charge in [0.25, 0.3) is 0 Å². The van der Waals surface area contributed by atoms with E-state index in [4.69, 9.17) is 9.47 Å². The van der Waals surface area contributed by atoms with E-state index in [9.17, 15) is 0 Å². The monoisotopic (exact) mass is 319 g/mol. The van der Waals surface area contributed by atoms with Crippen LogP contribution in [-0.4, -0.2) is 42.9 Å². The summed E-state index contributed by atoms with van der Waals surface area (Å²) in [5.41, 5.74) is 4.59. The van der Waals surface area contributed by atoms with Crippen LogP contribution in [0.15, 0.2) is 30.5 Å². The smallest absolute Gasteiger partial charge is 0.119 e. The topological polar surface area (TPSA) is 46.6 Å². The molecule has 3 rings (SSSR count). The van der Waals surface area contributed by atoms with Crippen molar-refractivity contribution >= 4 is 11.3 Å². The highest BCUT2D eigenvalue weighted by Gasteiger charge is 2.11. The zero-order chi connectivity index (χ0) is 15.2. The molecule has 0 amide bonds. The van der Waals surface area contributed by atoms with Gasteiger partial charge >= 0.3 is 0 Å². The molecule has 6 heteroatoms. The van der Waals surface area contributed by atoms with E-state index in [2.05, 4.69) is 27.6 Å². The van der Waals surface area contributed by atoms with Crippen LogP contribution in [0.3, 0.4) is 0 Å². The number of hydrazine groups is 1. The van der Waals surface area contributed by atoms with E-state index in [-0.39, 0.29) is 0 Å². The number of thiazole rings is 1. The van der Waals surface area contributed by atoms with Crippen LogP contribution in [0, 0.1) is 0 Å². The number of rotatable bonds is 6. The van der Waals surface area contributed by atoms with Crippen LogP contribution in [0.4, 0.5) is 0 Å². The maximum absolute atomic E-state index is 5.47. The molecule has 0 spiro atoms. The van der Waals surface area contributed by atoms with Gasteiger partial charge < -0.3 is 9.47 Å². The third kappa shape index (κ3) is 4.04. The van der Waals surface area contributed by atoms with Crippen molar-refractivity contribution in [3.8, 4) is 16.2 Å². The first-order chi connectivity index (χ1) is 10.8. The van der Waals surface area contributed by atoms with E-state index in [0.29, 0.717) is 6.61 Å². The Morgan fingerprint density at radius 1 is 1.27 bits per heavy atom. The number of ether oxygens (including phenoxy) is 2. The fraction of sp³-hybridized carbons (Fsp3) is 0.438. The summed E-state index contributed by atoms with van der Waals surface area (Å²) >= 11 is 1.72. The largest absolute Gasteiger partial charge is 0.494 e. The van der Waals surface area contributed by atoms with Crippen molar-refractivity contribution in [2.75, 3.05) is 32.9 Å². The molecule has 0 aliphatic carbocycles. The lowest BCUT2D eigenvalue weighted by atomic mass is 10.2. The predicted octanol–water partition coefficient (Wildman–Crippen LogP) is 2.55. The van der Waals surface area contributed by atoms with Crippen LogP contribution in [0.5, 0.6) is 5.75 Å². The summed E-state index contributed by atoms with van der Waals surface area (Å²) in [7, 11) is 0. The van der Waals surface area contributed by atoms with Crippen LogP contribution in [-0.2, 0) is 11.3 Å². The highest BCUT2D eigenvalue weighted by molar-refractivity contribution is 7.15. The Balaban J connectivity index is 1.58. The molecule has 118 valence electrons. The molecule has 0 radical (unpaired) electrons. The lowest BCUT2D eigenvalue weighted by Gasteiger charge is -2.26. The standard InChI is InChI=1S/C16H21N3O2S/c1-2-21-14-5-3-13(4-6-14)15-11-17-16(22-15)12-18-19-7-9-20-10-8-19/h3-6,11,18H,2,7-10,12H2,1H3. The van der Waals surface area contributed by atoms with Crippen LogP contribution >= 0.6 is 11.3 Å². The number of hydrogen-bond donors (Lipinski definition) is 1. The van der Waals surface area contributed by atoms with Crippen molar-refractivity contribution < 1.29 is 9.47 Å². The normalized spacial score (nSPS) is 15.9. The zero-order valence-corrected chi connectivity index (χ0v) is 13.6. The van der Waals surface area contributed by atoms with E-state index >= 15 is 0 Å². The minimum absolute atomic E-state index is 0.692. The first-order valence-corrected chi connectivity index (χ1v) is 8.41. The number of aromatic nitrogens is 1. The van der Waals surface area contributed by atoms with Gasteiger partial charge in [0, 0.05) is 19.3 Å². The van der Waals surface area contributed by atoms with E-state index in [0.717, 1.165) is 43.6 Å². The number of nitrogens with zero attached hydrogens (tertiary/aromatic N) is 2. The minimum Gasteiger partial charge on any atom is -0.494 e. The SMILES string of the molecule is CCOc1ccc(-c2cnc(CNN3CCOCC3)s2)cc1. The molecule has 0 bridgehead atoms. The highest BCUT2D eigenvalue weighted by atomic mass is 32.1. The van der Waals surface area contributed by atoms with E-state index < -0.39 is 0 Å². The lowest BCUT2D eigenvalue weighted by molar-refractivity contribution is 0.0105. The second kappa shape index (κ2) is 7.69. The molecule has 1 fully saturated rings. The molecule has 1 N–H and O–H groups in total. The second-order valence-electron chi connectivity index (χ2n) is 5.01. The molecular formula is C16H21N3O2S. The summed E-state index contributed by atoms with van der Waals surface area (Å²) in [6.07, 6.45) is 1.94. The summed E-state index contributed by atoms with van der Waals surface area (Å²) in [6, 6.07) is 8.17. The fourth-order valence-corrected chi connectivity index (χ4v) is 3.16. The van der Waals surface area contributed by atoms with Gasteiger partial charge in [-0.2, -0.15) is 0 Å². The van der Waals surface area contributed by atoms with Crippen LogP contribution in [0.25, 0.3) is 10.4 Å². The number of hydrogen-bond acceptors (Lipinski definition) is 6. The van der Waals surface area contributed by atoms with Gasteiger partial charge in [-0.25, -0.2) is 15.4 Å². The Morgan fingerprint density at radius 2 is 2.05 bits per heavy atom. The van der Waals surface area contributed by atoms with E-state index in [1.54, 1.807) is 11.3 Å². The van der Waals surface area contributed by atoms with Crippen molar-refractivity contribution in [1.29, 1.82) is 0 Å². The van der Waals surface area contributed by atoms with Crippen molar-refractivity contribution in [2.45, 2.75) is 13.5 Å². The Hall–Kier alpha value is -1.47. The molecule has 2 aromatic rings. The Labute approximate surface area is 134 Å². The molecular weight excluding hydrogens is 298 g/mol. The first kappa shape index (κ1) is 15.4. The van der Waals surface area contributed by atoms with E-state index in [1.807, 2.05) is 25.3 Å². The number of morpholine rings is 1. The molecule has 5 nitrogen and oxygen atoms in total. The van der Waals surface area contributed by atoms with Gasteiger partial charge in [-0.3, -0.25) is 0 Å². The Kier molecular flexibility index (Phi) is 5.39.